The highest BCUT2D eigenvalue weighted by Crippen LogP contribution is 2.33. The fourth-order valence-corrected chi connectivity index (χ4v) is 3.88. The minimum absolute atomic E-state index is 0. The molecular formula is C21H32IN5. The first kappa shape index (κ1) is 21.8. The summed E-state index contributed by atoms with van der Waals surface area (Å²) in [5.41, 5.74) is 4.29. The van der Waals surface area contributed by atoms with Crippen molar-refractivity contribution in [1.29, 1.82) is 0 Å². The van der Waals surface area contributed by atoms with Crippen molar-refractivity contribution in [3.63, 3.8) is 0 Å². The van der Waals surface area contributed by atoms with Gasteiger partial charge in [0.1, 0.15) is 0 Å². The fourth-order valence-electron chi connectivity index (χ4n) is 3.88. The molecule has 6 heteroatoms. The molecular weight excluding hydrogens is 449 g/mol. The largest absolute Gasteiger partial charge is 0.354 e. The van der Waals surface area contributed by atoms with Gasteiger partial charge in [0, 0.05) is 45.1 Å². The second-order valence-electron chi connectivity index (χ2n) is 7.61. The molecule has 5 nitrogen and oxygen atoms in total. The highest BCUT2D eigenvalue weighted by Gasteiger charge is 2.39. The molecule has 27 heavy (non-hydrogen) atoms. The van der Waals surface area contributed by atoms with Gasteiger partial charge in [-0.3, -0.25) is 4.99 Å². The summed E-state index contributed by atoms with van der Waals surface area (Å²) in [5.74, 6) is 0.934. The number of hydrogen-bond donors (Lipinski definition) is 1. The molecule has 1 aliphatic carbocycles. The number of nitrogens with one attached hydrogen (secondary N) is 1. The van der Waals surface area contributed by atoms with Crippen LogP contribution in [0.25, 0.3) is 0 Å². The number of rotatable bonds is 5. The van der Waals surface area contributed by atoms with E-state index in [1.54, 1.807) is 0 Å². The van der Waals surface area contributed by atoms with Crippen LogP contribution in [0.15, 0.2) is 47.6 Å². The van der Waals surface area contributed by atoms with Crippen LogP contribution >= 0.6 is 24.0 Å². The quantitative estimate of drug-likeness (QED) is 0.406. The maximum absolute atomic E-state index is 4.50. The molecule has 148 valence electrons. The van der Waals surface area contributed by atoms with Gasteiger partial charge in [0.25, 0.3) is 0 Å². The Kier molecular flexibility index (Phi) is 7.33. The molecule has 0 saturated carbocycles. The summed E-state index contributed by atoms with van der Waals surface area (Å²) < 4.78 is 2.15. The van der Waals surface area contributed by atoms with Crippen LogP contribution in [-0.2, 0) is 26.4 Å². The number of fused-ring (bicyclic) bond motifs is 1. The minimum atomic E-state index is 0. The third kappa shape index (κ3) is 4.66. The minimum Gasteiger partial charge on any atom is -0.354 e. The molecule has 3 rings (SSSR count). The molecule has 2 aromatic rings. The van der Waals surface area contributed by atoms with Crippen LogP contribution in [0, 0.1) is 0 Å². The predicted molar refractivity (Wildman–Crippen MR) is 124 cm³/mol. The maximum Gasteiger partial charge on any atom is 0.193 e. The topological polar surface area (TPSA) is 35.8 Å². The molecule has 0 unspecified atom stereocenters. The zero-order valence-electron chi connectivity index (χ0n) is 17.1. The summed E-state index contributed by atoms with van der Waals surface area (Å²) in [4.78, 5) is 9.05. The Hall–Kier alpha value is -1.54. The van der Waals surface area contributed by atoms with Crippen LogP contribution in [0.3, 0.4) is 0 Å². The van der Waals surface area contributed by atoms with E-state index in [9.17, 15) is 0 Å². The molecule has 1 heterocycles. The van der Waals surface area contributed by atoms with Crippen LogP contribution in [0.4, 0.5) is 0 Å². The Morgan fingerprint density at radius 2 is 1.74 bits per heavy atom. The van der Waals surface area contributed by atoms with Gasteiger partial charge >= 0.3 is 0 Å². The van der Waals surface area contributed by atoms with Crippen LogP contribution < -0.4 is 5.32 Å². The number of halogens is 1. The van der Waals surface area contributed by atoms with Gasteiger partial charge in [0.05, 0.1) is 6.54 Å². The molecule has 0 radical (unpaired) electrons. The lowest BCUT2D eigenvalue weighted by Gasteiger charge is -2.37. The number of benzene rings is 1. The molecule has 1 aromatic carbocycles. The maximum atomic E-state index is 4.50. The van der Waals surface area contributed by atoms with E-state index >= 15 is 0 Å². The summed E-state index contributed by atoms with van der Waals surface area (Å²) >= 11 is 0. The third-order valence-corrected chi connectivity index (χ3v) is 5.71. The first-order valence-electron chi connectivity index (χ1n) is 9.21. The van der Waals surface area contributed by atoms with Gasteiger partial charge in [-0.2, -0.15) is 0 Å². The van der Waals surface area contributed by atoms with Crippen molar-refractivity contribution in [3.05, 3.63) is 59.4 Å². The van der Waals surface area contributed by atoms with Gasteiger partial charge in [-0.05, 0) is 50.2 Å². The van der Waals surface area contributed by atoms with Crippen molar-refractivity contribution < 1.29 is 0 Å². The summed E-state index contributed by atoms with van der Waals surface area (Å²) in [6.07, 6.45) is 4.22. The SMILES string of the molecule is CN=C(NCC1(N(C)C)Cc2ccccc2C1)N(C)Cc1cccn1C.I. The van der Waals surface area contributed by atoms with E-state index in [0.29, 0.717) is 0 Å². The molecule has 1 N–H and O–H groups in total. The van der Waals surface area contributed by atoms with Gasteiger partial charge in [0.15, 0.2) is 5.96 Å². The molecule has 0 spiro atoms. The molecule has 0 bridgehead atoms. The van der Waals surface area contributed by atoms with E-state index in [4.69, 9.17) is 0 Å². The third-order valence-electron chi connectivity index (χ3n) is 5.71. The molecule has 0 atom stereocenters. The second kappa shape index (κ2) is 9.10. The fraction of sp³-hybridized carbons (Fsp3) is 0.476. The van der Waals surface area contributed by atoms with Gasteiger partial charge in [-0.25, -0.2) is 0 Å². The van der Waals surface area contributed by atoms with E-state index in [0.717, 1.165) is 31.9 Å². The molecule has 0 aliphatic heterocycles. The van der Waals surface area contributed by atoms with Crippen LogP contribution in [0.5, 0.6) is 0 Å². The van der Waals surface area contributed by atoms with E-state index in [1.165, 1.54) is 16.8 Å². The standard InChI is InChI=1S/C21H31N5.HI/c1-22-20(26(5)15-19-11-8-12-25(19)4)23-16-21(24(2)3)13-17-9-6-7-10-18(17)14-21;/h6-12H,13-16H2,1-5H3,(H,22,23);1H. The van der Waals surface area contributed by atoms with Crippen LogP contribution in [0.2, 0.25) is 0 Å². The highest BCUT2D eigenvalue weighted by molar-refractivity contribution is 14.0. The number of aromatic nitrogens is 1. The first-order valence-corrected chi connectivity index (χ1v) is 9.21. The Morgan fingerprint density at radius 1 is 1.11 bits per heavy atom. The lowest BCUT2D eigenvalue weighted by atomic mass is 9.94. The number of aliphatic imine (C=N–C) groups is 1. The average molecular weight is 481 g/mol. The smallest absolute Gasteiger partial charge is 0.193 e. The first-order chi connectivity index (χ1) is 12.4. The number of nitrogens with zero attached hydrogens (tertiary/aromatic N) is 4. The number of guanidine groups is 1. The van der Waals surface area contributed by atoms with E-state index in [1.807, 2.05) is 7.05 Å². The molecule has 1 aromatic heterocycles. The molecule has 0 saturated heterocycles. The summed E-state index contributed by atoms with van der Waals surface area (Å²) in [6, 6.07) is 13.0. The summed E-state index contributed by atoms with van der Waals surface area (Å²) in [7, 11) is 10.4. The Bertz CT molecular complexity index is 755. The van der Waals surface area contributed by atoms with Crippen molar-refractivity contribution >= 4 is 29.9 Å². The normalized spacial score (nSPS) is 15.4. The Labute approximate surface area is 180 Å². The molecule has 0 amide bonds. The van der Waals surface area contributed by atoms with Crippen molar-refractivity contribution in [3.8, 4) is 0 Å². The van der Waals surface area contributed by atoms with Gasteiger partial charge in [-0.15, -0.1) is 24.0 Å². The van der Waals surface area contributed by atoms with Gasteiger partial charge < -0.3 is 19.7 Å². The molecule has 1 aliphatic rings. The van der Waals surface area contributed by atoms with Crippen LogP contribution in [0.1, 0.15) is 16.8 Å². The van der Waals surface area contributed by atoms with E-state index in [-0.39, 0.29) is 29.5 Å². The second-order valence-corrected chi connectivity index (χ2v) is 7.61. The number of likely N-dealkylation sites (N-methyl/N-ethyl adjacent to an activating group) is 1. The van der Waals surface area contributed by atoms with Crippen molar-refractivity contribution in [1.82, 2.24) is 19.7 Å². The number of hydrogen-bond acceptors (Lipinski definition) is 2. The highest BCUT2D eigenvalue weighted by atomic mass is 127. The van der Waals surface area contributed by atoms with E-state index < -0.39 is 0 Å². The zero-order chi connectivity index (χ0) is 18.7. The van der Waals surface area contributed by atoms with Crippen molar-refractivity contribution in [2.75, 3.05) is 34.7 Å². The van der Waals surface area contributed by atoms with Gasteiger partial charge in [0.2, 0.25) is 0 Å². The Balaban J connectivity index is 0.00000261. The van der Waals surface area contributed by atoms with Crippen molar-refractivity contribution in [2.45, 2.75) is 24.9 Å². The average Bonchev–Trinajstić information content (AvgIpc) is 3.19. The van der Waals surface area contributed by atoms with Crippen LogP contribution in [-0.4, -0.2) is 60.6 Å². The Morgan fingerprint density at radius 3 is 2.22 bits per heavy atom. The van der Waals surface area contributed by atoms with E-state index in [2.05, 4.69) is 95.5 Å². The monoisotopic (exact) mass is 481 g/mol. The number of aryl methyl sites for hydroxylation is 1. The summed E-state index contributed by atoms with van der Waals surface area (Å²) in [6.45, 7) is 1.71. The lowest BCUT2D eigenvalue weighted by molar-refractivity contribution is 0.163. The van der Waals surface area contributed by atoms with Crippen molar-refractivity contribution in [2.24, 2.45) is 12.0 Å². The summed E-state index contributed by atoms with van der Waals surface area (Å²) in [5, 5.41) is 3.63. The zero-order valence-corrected chi connectivity index (χ0v) is 19.4. The predicted octanol–water partition coefficient (Wildman–Crippen LogP) is 2.75. The lowest BCUT2D eigenvalue weighted by Crippen LogP contribution is -2.55. The van der Waals surface area contributed by atoms with Gasteiger partial charge in [-0.1, -0.05) is 24.3 Å². The molecule has 0 fully saturated rings.